The summed E-state index contributed by atoms with van der Waals surface area (Å²) in [4.78, 5) is 11.3. The van der Waals surface area contributed by atoms with Crippen molar-refractivity contribution in [1.29, 1.82) is 0 Å². The van der Waals surface area contributed by atoms with Crippen LogP contribution in [0.3, 0.4) is 0 Å². The highest BCUT2D eigenvalue weighted by Gasteiger charge is 2.30. The van der Waals surface area contributed by atoms with Gasteiger partial charge >= 0.3 is 5.97 Å². The van der Waals surface area contributed by atoms with Crippen LogP contribution in [-0.4, -0.2) is 11.1 Å². The molecule has 0 aromatic heterocycles. The Morgan fingerprint density at radius 3 is 2.30 bits per heavy atom. The third-order valence-electron chi connectivity index (χ3n) is 4.10. The van der Waals surface area contributed by atoms with Crippen LogP contribution < -0.4 is 0 Å². The average Bonchev–Trinajstić information content (AvgIpc) is 2.35. The van der Waals surface area contributed by atoms with E-state index in [0.717, 1.165) is 5.56 Å². The lowest BCUT2D eigenvalue weighted by atomic mass is 9.80. The molecule has 0 fully saturated rings. The summed E-state index contributed by atoms with van der Waals surface area (Å²) in [7, 11) is 0. The summed E-state index contributed by atoms with van der Waals surface area (Å²) in [6.07, 6.45) is 1.81. The Hall–Kier alpha value is -1.38. The van der Waals surface area contributed by atoms with Crippen molar-refractivity contribution >= 4 is 5.97 Å². The molecule has 0 heterocycles. The molecule has 1 aromatic rings. The van der Waals surface area contributed by atoms with E-state index >= 15 is 0 Å². The zero-order chi connectivity index (χ0) is 15.6. The second-order valence-electron chi connectivity index (χ2n) is 6.78. The standard InChI is InChI=1S/C17H25FO2/c1-6-17(5,15(19)20)10-9-12-7-8-14(18)13(11-12)16(2,3)4/h7-8,11H,6,9-10H2,1-5H3,(H,19,20)/t17-/m1/s1. The topological polar surface area (TPSA) is 37.3 Å². The van der Waals surface area contributed by atoms with Gasteiger partial charge in [-0.15, -0.1) is 0 Å². The molecule has 0 aliphatic carbocycles. The monoisotopic (exact) mass is 280 g/mol. The molecule has 1 N–H and O–H groups in total. The highest BCUT2D eigenvalue weighted by Crippen LogP contribution is 2.30. The predicted molar refractivity (Wildman–Crippen MR) is 79.5 cm³/mol. The van der Waals surface area contributed by atoms with Crippen molar-refractivity contribution in [3.05, 3.63) is 35.1 Å². The van der Waals surface area contributed by atoms with E-state index in [9.17, 15) is 14.3 Å². The Bertz CT molecular complexity index is 488. The first-order chi connectivity index (χ1) is 9.10. The summed E-state index contributed by atoms with van der Waals surface area (Å²) in [5.74, 6) is -0.962. The summed E-state index contributed by atoms with van der Waals surface area (Å²) in [5.41, 5.74) is 0.720. The van der Waals surface area contributed by atoms with Gasteiger partial charge in [0, 0.05) is 0 Å². The van der Waals surface area contributed by atoms with Gasteiger partial charge in [-0.1, -0.05) is 39.8 Å². The molecule has 0 aliphatic rings. The fourth-order valence-corrected chi connectivity index (χ4v) is 2.16. The van der Waals surface area contributed by atoms with Crippen LogP contribution in [0, 0.1) is 11.2 Å². The molecule has 2 nitrogen and oxygen atoms in total. The summed E-state index contributed by atoms with van der Waals surface area (Å²) in [6.45, 7) is 9.58. The molecule has 3 heteroatoms. The third kappa shape index (κ3) is 3.81. The Balaban J connectivity index is 2.93. The second-order valence-corrected chi connectivity index (χ2v) is 6.78. The van der Waals surface area contributed by atoms with E-state index in [1.54, 1.807) is 13.0 Å². The summed E-state index contributed by atoms with van der Waals surface area (Å²) in [5, 5.41) is 9.28. The van der Waals surface area contributed by atoms with Crippen molar-refractivity contribution in [2.45, 2.75) is 59.3 Å². The highest BCUT2D eigenvalue weighted by atomic mass is 19.1. The van der Waals surface area contributed by atoms with Crippen LogP contribution in [0.25, 0.3) is 0 Å². The van der Waals surface area contributed by atoms with E-state index < -0.39 is 11.4 Å². The lowest BCUT2D eigenvalue weighted by molar-refractivity contribution is -0.148. The molecule has 1 aromatic carbocycles. The number of aliphatic carboxylic acids is 1. The molecule has 1 rings (SSSR count). The smallest absolute Gasteiger partial charge is 0.309 e. The minimum atomic E-state index is -0.766. The number of benzene rings is 1. The molecule has 20 heavy (non-hydrogen) atoms. The minimum Gasteiger partial charge on any atom is -0.481 e. The minimum absolute atomic E-state index is 0.197. The molecular weight excluding hydrogens is 255 g/mol. The van der Waals surface area contributed by atoms with Crippen molar-refractivity contribution in [2.75, 3.05) is 0 Å². The van der Waals surface area contributed by atoms with Crippen LogP contribution in [0.1, 0.15) is 58.6 Å². The molecule has 0 radical (unpaired) electrons. The first-order valence-electron chi connectivity index (χ1n) is 7.12. The number of hydrogen-bond acceptors (Lipinski definition) is 1. The zero-order valence-electron chi connectivity index (χ0n) is 13.1. The maximum Gasteiger partial charge on any atom is 0.309 e. The first-order valence-corrected chi connectivity index (χ1v) is 7.12. The SMILES string of the molecule is CC[C@](C)(CCc1ccc(F)c(C(C)(C)C)c1)C(=O)O. The lowest BCUT2D eigenvalue weighted by Crippen LogP contribution is -2.27. The van der Waals surface area contributed by atoms with Crippen molar-refractivity contribution in [3.8, 4) is 0 Å². The van der Waals surface area contributed by atoms with Gasteiger partial charge in [0.05, 0.1) is 5.41 Å². The molecule has 0 bridgehead atoms. The maximum atomic E-state index is 13.8. The van der Waals surface area contributed by atoms with Crippen LogP contribution in [0.5, 0.6) is 0 Å². The van der Waals surface area contributed by atoms with Gasteiger partial charge in [-0.3, -0.25) is 4.79 Å². The molecule has 112 valence electrons. The second kappa shape index (κ2) is 5.94. The normalized spacial score (nSPS) is 14.9. The van der Waals surface area contributed by atoms with E-state index in [-0.39, 0.29) is 11.2 Å². The van der Waals surface area contributed by atoms with E-state index in [2.05, 4.69) is 0 Å². The molecule has 0 unspecified atom stereocenters. The Morgan fingerprint density at radius 2 is 1.85 bits per heavy atom. The van der Waals surface area contributed by atoms with Gasteiger partial charge in [0.1, 0.15) is 5.82 Å². The van der Waals surface area contributed by atoms with Gasteiger partial charge in [-0.2, -0.15) is 0 Å². The number of carboxylic acids is 1. The highest BCUT2D eigenvalue weighted by molar-refractivity contribution is 5.74. The number of halogens is 1. The number of rotatable bonds is 5. The van der Waals surface area contributed by atoms with E-state index in [1.807, 2.05) is 33.8 Å². The van der Waals surface area contributed by atoms with Crippen LogP contribution in [0.4, 0.5) is 4.39 Å². The number of carboxylic acid groups (broad SMARTS) is 1. The molecule has 0 aliphatic heterocycles. The van der Waals surface area contributed by atoms with Gasteiger partial charge in [0.25, 0.3) is 0 Å². The molecule has 0 spiro atoms. The van der Waals surface area contributed by atoms with Crippen LogP contribution in [0.15, 0.2) is 18.2 Å². The van der Waals surface area contributed by atoms with Gasteiger partial charge in [-0.25, -0.2) is 4.39 Å². The quantitative estimate of drug-likeness (QED) is 0.858. The Labute approximate surface area is 121 Å². The molecule has 0 amide bonds. The average molecular weight is 280 g/mol. The zero-order valence-corrected chi connectivity index (χ0v) is 13.1. The van der Waals surface area contributed by atoms with Crippen LogP contribution in [0.2, 0.25) is 0 Å². The van der Waals surface area contributed by atoms with E-state index in [0.29, 0.717) is 24.8 Å². The molecule has 0 saturated carbocycles. The number of aryl methyl sites for hydroxylation is 1. The predicted octanol–water partition coefficient (Wildman–Crippen LogP) is 4.56. The van der Waals surface area contributed by atoms with Crippen molar-refractivity contribution in [2.24, 2.45) is 5.41 Å². The van der Waals surface area contributed by atoms with Crippen molar-refractivity contribution in [3.63, 3.8) is 0 Å². The summed E-state index contributed by atoms with van der Waals surface area (Å²) in [6, 6.07) is 5.11. The largest absolute Gasteiger partial charge is 0.481 e. The van der Waals surface area contributed by atoms with Crippen molar-refractivity contribution in [1.82, 2.24) is 0 Å². The van der Waals surface area contributed by atoms with E-state index in [1.165, 1.54) is 6.07 Å². The Morgan fingerprint density at radius 1 is 1.25 bits per heavy atom. The van der Waals surface area contributed by atoms with Crippen molar-refractivity contribution < 1.29 is 14.3 Å². The van der Waals surface area contributed by atoms with E-state index in [4.69, 9.17) is 0 Å². The number of carbonyl (C=O) groups is 1. The van der Waals surface area contributed by atoms with Gasteiger partial charge in [0.2, 0.25) is 0 Å². The van der Waals surface area contributed by atoms with Gasteiger partial charge in [0.15, 0.2) is 0 Å². The maximum absolute atomic E-state index is 13.8. The molecule has 0 saturated heterocycles. The van der Waals surface area contributed by atoms with Crippen LogP contribution in [-0.2, 0) is 16.6 Å². The first kappa shape index (κ1) is 16.7. The number of hydrogen-bond donors (Lipinski definition) is 1. The van der Waals surface area contributed by atoms with Crippen LogP contribution >= 0.6 is 0 Å². The summed E-state index contributed by atoms with van der Waals surface area (Å²) >= 11 is 0. The van der Waals surface area contributed by atoms with Gasteiger partial charge < -0.3 is 5.11 Å². The fraction of sp³-hybridized carbons (Fsp3) is 0.588. The fourth-order valence-electron chi connectivity index (χ4n) is 2.16. The molecule has 1 atom stereocenters. The lowest BCUT2D eigenvalue weighted by Gasteiger charge is -2.24. The summed E-state index contributed by atoms with van der Waals surface area (Å²) < 4.78 is 13.8. The molecular formula is C17H25FO2. The van der Waals surface area contributed by atoms with Gasteiger partial charge in [-0.05, 0) is 48.8 Å². The third-order valence-corrected chi connectivity index (χ3v) is 4.10. The Kier molecular flexibility index (Phi) is 4.95.